The predicted octanol–water partition coefficient (Wildman–Crippen LogP) is 4.78. The quantitative estimate of drug-likeness (QED) is 0.642. The standard InChI is InChI=1S/C22H34O3/c1-13-11-19-17-6-5-15-12-16(25-14(2)23)7-9-21(15,3)18(17)8-10-22(19,4)20(13)24/h13,15-19H,5-12H2,1-4H3/t13?,15?,16?,17-,18-,19+,21+,22+/m1/s1. The van der Waals surface area contributed by atoms with Crippen LogP contribution in [0.5, 0.6) is 0 Å². The van der Waals surface area contributed by atoms with Crippen molar-refractivity contribution in [2.75, 3.05) is 0 Å². The van der Waals surface area contributed by atoms with Gasteiger partial charge < -0.3 is 4.74 Å². The zero-order valence-corrected chi connectivity index (χ0v) is 16.3. The SMILES string of the molecule is CC(=O)OC1CC[C@@]2(C)C(CC[C@@H]3[C@H]2CC[C@]2(C)C(=O)C(C)C[C@@H]32)C1. The molecule has 0 aliphatic heterocycles. The Bertz CT molecular complexity index is 584. The van der Waals surface area contributed by atoms with Crippen LogP contribution >= 0.6 is 0 Å². The van der Waals surface area contributed by atoms with Crippen LogP contribution in [-0.4, -0.2) is 17.9 Å². The number of esters is 1. The summed E-state index contributed by atoms with van der Waals surface area (Å²) in [6.45, 7) is 8.47. The van der Waals surface area contributed by atoms with Gasteiger partial charge in [-0.2, -0.15) is 0 Å². The molecule has 3 unspecified atom stereocenters. The van der Waals surface area contributed by atoms with E-state index in [1.165, 1.54) is 32.6 Å². The Labute approximate surface area is 152 Å². The number of ketones is 1. The zero-order valence-electron chi connectivity index (χ0n) is 16.3. The lowest BCUT2D eigenvalue weighted by Crippen LogP contribution is -2.54. The molecule has 0 amide bonds. The van der Waals surface area contributed by atoms with Crippen molar-refractivity contribution in [3.63, 3.8) is 0 Å². The second kappa shape index (κ2) is 5.82. The van der Waals surface area contributed by atoms with E-state index < -0.39 is 0 Å². The van der Waals surface area contributed by atoms with E-state index >= 15 is 0 Å². The summed E-state index contributed by atoms with van der Waals surface area (Å²) >= 11 is 0. The maximum atomic E-state index is 12.8. The molecule has 25 heavy (non-hydrogen) atoms. The highest BCUT2D eigenvalue weighted by Crippen LogP contribution is 2.66. The molecule has 0 aromatic carbocycles. The van der Waals surface area contributed by atoms with Crippen molar-refractivity contribution in [3.8, 4) is 0 Å². The first kappa shape index (κ1) is 17.5. The van der Waals surface area contributed by atoms with Gasteiger partial charge in [-0.15, -0.1) is 0 Å². The number of rotatable bonds is 1. The maximum absolute atomic E-state index is 12.8. The number of carbonyl (C=O) groups excluding carboxylic acids is 2. The Morgan fingerprint density at radius 1 is 1.04 bits per heavy atom. The molecule has 140 valence electrons. The molecule has 0 N–H and O–H groups in total. The number of fused-ring (bicyclic) bond motifs is 5. The van der Waals surface area contributed by atoms with Gasteiger partial charge in [-0.1, -0.05) is 20.8 Å². The summed E-state index contributed by atoms with van der Waals surface area (Å²) in [5.41, 5.74) is 0.342. The van der Waals surface area contributed by atoms with Crippen molar-refractivity contribution in [2.45, 2.75) is 85.2 Å². The lowest BCUT2D eigenvalue weighted by molar-refractivity contribution is -0.160. The highest BCUT2D eigenvalue weighted by Gasteiger charge is 2.61. The molecule has 0 heterocycles. The molecule has 0 spiro atoms. The molecular weight excluding hydrogens is 312 g/mol. The van der Waals surface area contributed by atoms with Crippen LogP contribution in [0.4, 0.5) is 0 Å². The monoisotopic (exact) mass is 346 g/mol. The number of carbonyl (C=O) groups is 2. The highest BCUT2D eigenvalue weighted by atomic mass is 16.5. The molecule has 4 rings (SSSR count). The Morgan fingerprint density at radius 2 is 1.80 bits per heavy atom. The fourth-order valence-corrected chi connectivity index (χ4v) is 7.67. The van der Waals surface area contributed by atoms with Crippen molar-refractivity contribution in [1.82, 2.24) is 0 Å². The van der Waals surface area contributed by atoms with Crippen LogP contribution in [-0.2, 0) is 14.3 Å². The fourth-order valence-electron chi connectivity index (χ4n) is 7.67. The predicted molar refractivity (Wildman–Crippen MR) is 96.8 cm³/mol. The summed E-state index contributed by atoms with van der Waals surface area (Å²) < 4.78 is 5.55. The molecule has 0 aromatic rings. The lowest BCUT2D eigenvalue weighted by Gasteiger charge is -2.60. The van der Waals surface area contributed by atoms with Crippen LogP contribution in [0.3, 0.4) is 0 Å². The second-order valence-corrected chi connectivity index (χ2v) is 10.1. The molecule has 8 atom stereocenters. The summed E-state index contributed by atoms with van der Waals surface area (Å²) in [4.78, 5) is 24.1. The molecule has 0 bridgehead atoms. The van der Waals surface area contributed by atoms with E-state index in [0.29, 0.717) is 23.0 Å². The normalized spacial score (nSPS) is 52.1. The van der Waals surface area contributed by atoms with Gasteiger partial charge >= 0.3 is 5.97 Å². The maximum Gasteiger partial charge on any atom is 0.302 e. The number of ether oxygens (including phenoxy) is 1. The first-order chi connectivity index (χ1) is 11.8. The first-order valence-electron chi connectivity index (χ1n) is 10.5. The minimum atomic E-state index is -0.130. The summed E-state index contributed by atoms with van der Waals surface area (Å²) in [5.74, 6) is 3.47. The third-order valence-corrected chi connectivity index (χ3v) is 8.96. The molecule has 4 fully saturated rings. The van der Waals surface area contributed by atoms with Gasteiger partial charge in [-0.05, 0) is 80.5 Å². The van der Waals surface area contributed by atoms with E-state index in [2.05, 4.69) is 20.8 Å². The van der Waals surface area contributed by atoms with Gasteiger partial charge in [0, 0.05) is 18.3 Å². The summed E-state index contributed by atoms with van der Waals surface area (Å²) in [6.07, 6.45) is 9.36. The molecular formula is C22H34O3. The smallest absolute Gasteiger partial charge is 0.302 e. The van der Waals surface area contributed by atoms with E-state index in [-0.39, 0.29) is 23.4 Å². The Kier molecular flexibility index (Phi) is 4.09. The van der Waals surface area contributed by atoms with Crippen LogP contribution < -0.4 is 0 Å². The molecule has 4 saturated carbocycles. The Balaban J connectivity index is 1.55. The first-order valence-corrected chi connectivity index (χ1v) is 10.5. The Morgan fingerprint density at radius 3 is 2.52 bits per heavy atom. The van der Waals surface area contributed by atoms with Gasteiger partial charge in [0.1, 0.15) is 11.9 Å². The zero-order chi connectivity index (χ0) is 18.0. The van der Waals surface area contributed by atoms with Crippen molar-refractivity contribution in [3.05, 3.63) is 0 Å². The van der Waals surface area contributed by atoms with Gasteiger partial charge in [0.2, 0.25) is 0 Å². The van der Waals surface area contributed by atoms with Crippen molar-refractivity contribution >= 4 is 11.8 Å². The summed E-state index contributed by atoms with van der Waals surface area (Å²) in [6, 6.07) is 0. The van der Waals surface area contributed by atoms with Crippen molar-refractivity contribution in [2.24, 2.45) is 40.4 Å². The van der Waals surface area contributed by atoms with E-state index in [9.17, 15) is 9.59 Å². The number of hydrogen-bond acceptors (Lipinski definition) is 3. The van der Waals surface area contributed by atoms with Crippen molar-refractivity contribution in [1.29, 1.82) is 0 Å². The molecule has 0 radical (unpaired) electrons. The second-order valence-electron chi connectivity index (χ2n) is 10.1. The number of hydrogen-bond donors (Lipinski definition) is 0. The molecule has 3 heteroatoms. The van der Waals surface area contributed by atoms with Crippen LogP contribution in [0, 0.1) is 40.4 Å². The summed E-state index contributed by atoms with van der Waals surface area (Å²) in [7, 11) is 0. The Hall–Kier alpha value is -0.860. The van der Waals surface area contributed by atoms with Gasteiger partial charge in [0.15, 0.2) is 0 Å². The van der Waals surface area contributed by atoms with Gasteiger partial charge in [-0.3, -0.25) is 9.59 Å². The van der Waals surface area contributed by atoms with Crippen LogP contribution in [0.25, 0.3) is 0 Å². The summed E-state index contributed by atoms with van der Waals surface area (Å²) in [5, 5.41) is 0. The third-order valence-electron chi connectivity index (χ3n) is 8.96. The van der Waals surface area contributed by atoms with Gasteiger partial charge in [-0.25, -0.2) is 0 Å². The molecule has 0 aromatic heterocycles. The van der Waals surface area contributed by atoms with E-state index in [1.54, 1.807) is 0 Å². The molecule has 4 aliphatic rings. The van der Waals surface area contributed by atoms with Crippen molar-refractivity contribution < 1.29 is 14.3 Å². The highest BCUT2D eigenvalue weighted by molar-refractivity contribution is 5.89. The molecule has 0 saturated heterocycles. The topological polar surface area (TPSA) is 43.4 Å². The average molecular weight is 347 g/mol. The van der Waals surface area contributed by atoms with E-state index in [4.69, 9.17) is 4.74 Å². The average Bonchev–Trinajstić information content (AvgIpc) is 2.78. The van der Waals surface area contributed by atoms with E-state index in [1.807, 2.05) is 0 Å². The van der Waals surface area contributed by atoms with Gasteiger partial charge in [0.25, 0.3) is 0 Å². The molecule has 4 aliphatic carbocycles. The number of Topliss-reactive ketones (excluding diaryl/α,β-unsaturated/α-hetero) is 1. The minimum absolute atomic E-state index is 0.0429. The van der Waals surface area contributed by atoms with Crippen LogP contribution in [0.2, 0.25) is 0 Å². The minimum Gasteiger partial charge on any atom is -0.463 e. The van der Waals surface area contributed by atoms with Crippen LogP contribution in [0.15, 0.2) is 0 Å². The largest absolute Gasteiger partial charge is 0.463 e. The third kappa shape index (κ3) is 2.51. The van der Waals surface area contributed by atoms with Crippen LogP contribution in [0.1, 0.15) is 79.1 Å². The van der Waals surface area contributed by atoms with E-state index in [0.717, 1.165) is 37.5 Å². The fraction of sp³-hybridized carbons (Fsp3) is 0.909. The lowest BCUT2D eigenvalue weighted by atomic mass is 9.45. The van der Waals surface area contributed by atoms with Gasteiger partial charge in [0.05, 0.1) is 0 Å². The molecule has 3 nitrogen and oxygen atoms in total.